The third kappa shape index (κ3) is 3.85. The van der Waals surface area contributed by atoms with E-state index in [1.165, 1.54) is 38.2 Å². The first-order chi connectivity index (χ1) is 10.1. The molecule has 0 aromatic carbocycles. The highest BCUT2D eigenvalue weighted by atomic mass is 19.3. The van der Waals surface area contributed by atoms with Crippen LogP contribution < -0.4 is 0 Å². The monoisotopic (exact) mass is 296 g/mol. The summed E-state index contributed by atoms with van der Waals surface area (Å²) < 4.78 is 24.9. The van der Waals surface area contributed by atoms with Gasteiger partial charge >= 0.3 is 0 Å². The van der Waals surface area contributed by atoms with Crippen LogP contribution in [0.1, 0.15) is 64.2 Å². The second kappa shape index (κ2) is 6.76. The molecule has 0 saturated heterocycles. The van der Waals surface area contributed by atoms with Crippen molar-refractivity contribution < 1.29 is 8.78 Å². The molecule has 1 nitrogen and oxygen atoms in total. The Hall–Kier alpha value is -0.440. The number of hydrogen-bond acceptors (Lipinski definition) is 0. The molecule has 4 atom stereocenters. The lowest BCUT2D eigenvalue weighted by Gasteiger charge is -2.45. The largest absolute Gasteiger partial charge is 0.675 e. The fraction of sp³-hybridized carbons (Fsp3) is 0.889. The second-order valence-corrected chi connectivity index (χ2v) is 7.73. The van der Waals surface area contributed by atoms with Crippen molar-refractivity contribution in [1.29, 1.82) is 0 Å². The smallest absolute Gasteiger partial charge is 0.266 e. The predicted molar refractivity (Wildman–Crippen MR) is 82.0 cm³/mol. The minimum Gasteiger partial charge on any atom is -0.675 e. The quantitative estimate of drug-likeness (QED) is 0.578. The molecule has 0 radical (unpaired) electrons. The summed E-state index contributed by atoms with van der Waals surface area (Å²) >= 11 is 0. The first-order valence-corrected chi connectivity index (χ1v) is 8.85. The second-order valence-electron chi connectivity index (χ2n) is 7.73. The Balaban J connectivity index is 1.52. The van der Waals surface area contributed by atoms with Crippen molar-refractivity contribution in [3.8, 4) is 0 Å². The van der Waals surface area contributed by atoms with Crippen LogP contribution in [-0.4, -0.2) is 6.04 Å². The number of hydrogen-bond donors (Lipinski definition) is 0. The molecular weight excluding hydrogens is 268 g/mol. The summed E-state index contributed by atoms with van der Waals surface area (Å²) in [7, 11) is 0. The van der Waals surface area contributed by atoms with Gasteiger partial charge in [0.2, 0.25) is 0 Å². The van der Waals surface area contributed by atoms with Gasteiger partial charge in [-0.1, -0.05) is 25.7 Å². The van der Waals surface area contributed by atoms with Gasteiger partial charge in [-0.2, -0.15) is 8.78 Å². The highest BCUT2D eigenvalue weighted by Gasteiger charge is 2.37. The summed E-state index contributed by atoms with van der Waals surface area (Å²) in [5, 5.41) is 0. The van der Waals surface area contributed by atoms with E-state index >= 15 is 0 Å². The number of rotatable bonds is 2. The summed E-state index contributed by atoms with van der Waals surface area (Å²) in [5.74, 6) is 3.34. The van der Waals surface area contributed by atoms with Gasteiger partial charge in [-0.25, -0.2) is 0 Å². The molecular formula is C18H28F2N-. The van der Waals surface area contributed by atoms with Gasteiger partial charge in [0.15, 0.2) is 0 Å². The maximum atomic E-state index is 12.4. The maximum Gasteiger partial charge on any atom is 0.266 e. The highest BCUT2D eigenvalue weighted by molar-refractivity contribution is 4.96. The maximum absolute atomic E-state index is 12.4. The average Bonchev–Trinajstić information content (AvgIpc) is 2.47. The Morgan fingerprint density at radius 3 is 1.90 bits per heavy atom. The van der Waals surface area contributed by atoms with Crippen LogP contribution in [-0.2, 0) is 0 Å². The molecule has 0 amide bonds. The summed E-state index contributed by atoms with van der Waals surface area (Å²) in [6.07, 6.45) is 11.4. The van der Waals surface area contributed by atoms with Gasteiger partial charge in [0.1, 0.15) is 0 Å². The number of halogens is 2. The molecule has 0 spiro atoms. The average molecular weight is 296 g/mol. The van der Waals surface area contributed by atoms with Crippen LogP contribution in [0.2, 0.25) is 0 Å². The van der Waals surface area contributed by atoms with Crippen molar-refractivity contribution in [1.82, 2.24) is 0 Å². The third-order valence-corrected chi connectivity index (χ3v) is 6.49. The Morgan fingerprint density at radius 2 is 1.24 bits per heavy atom. The van der Waals surface area contributed by atoms with Crippen molar-refractivity contribution in [2.45, 2.75) is 70.3 Å². The van der Waals surface area contributed by atoms with Crippen LogP contribution in [0.3, 0.4) is 0 Å². The molecule has 3 rings (SSSR count). The van der Waals surface area contributed by atoms with Gasteiger partial charge in [0.25, 0.3) is 6.08 Å². The third-order valence-electron chi connectivity index (χ3n) is 6.49. The van der Waals surface area contributed by atoms with Crippen LogP contribution in [0.15, 0.2) is 12.2 Å². The van der Waals surface area contributed by atoms with Crippen LogP contribution in [0.4, 0.5) is 8.78 Å². The van der Waals surface area contributed by atoms with E-state index in [9.17, 15) is 8.78 Å². The molecule has 3 aliphatic rings. The molecule has 21 heavy (non-hydrogen) atoms. The zero-order valence-electron chi connectivity index (χ0n) is 12.9. The van der Waals surface area contributed by atoms with E-state index in [0.717, 1.165) is 49.9 Å². The Morgan fingerprint density at radius 1 is 0.714 bits per heavy atom. The number of allylic oxidation sites excluding steroid dienone is 1. The topological polar surface area (TPSA) is 23.8 Å². The molecule has 3 saturated carbocycles. The summed E-state index contributed by atoms with van der Waals surface area (Å²) in [6.45, 7) is 0. The van der Waals surface area contributed by atoms with Gasteiger partial charge in [0, 0.05) is 0 Å². The lowest BCUT2D eigenvalue weighted by molar-refractivity contribution is 0.0727. The molecule has 0 aliphatic heterocycles. The van der Waals surface area contributed by atoms with E-state index in [-0.39, 0.29) is 12.0 Å². The minimum absolute atomic E-state index is 0.131. The molecule has 4 unspecified atom stereocenters. The van der Waals surface area contributed by atoms with Crippen molar-refractivity contribution in [3.63, 3.8) is 0 Å². The molecule has 3 fully saturated rings. The van der Waals surface area contributed by atoms with Crippen molar-refractivity contribution in [2.75, 3.05) is 0 Å². The first-order valence-electron chi connectivity index (χ1n) is 8.85. The fourth-order valence-electron chi connectivity index (χ4n) is 5.31. The molecule has 3 aliphatic carbocycles. The molecule has 120 valence electrons. The molecule has 0 aromatic rings. The molecule has 3 heteroatoms. The Kier molecular flexibility index (Phi) is 4.98. The molecule has 1 N–H and O–H groups in total. The lowest BCUT2D eigenvalue weighted by atomic mass is 9.61. The van der Waals surface area contributed by atoms with Crippen LogP contribution in [0.25, 0.3) is 5.73 Å². The number of nitrogens with one attached hydrogen (secondary N) is 1. The van der Waals surface area contributed by atoms with Crippen LogP contribution in [0.5, 0.6) is 0 Å². The lowest BCUT2D eigenvalue weighted by Crippen LogP contribution is -2.34. The van der Waals surface area contributed by atoms with Gasteiger partial charge in [-0.05, 0) is 74.2 Å². The van der Waals surface area contributed by atoms with E-state index in [0.29, 0.717) is 5.92 Å². The van der Waals surface area contributed by atoms with E-state index in [2.05, 4.69) is 0 Å². The molecule has 0 aromatic heterocycles. The minimum atomic E-state index is -1.49. The predicted octanol–water partition coefficient (Wildman–Crippen LogP) is 6.21. The SMILES string of the molecule is [NH-]C1CCC(C2CCC3CC(C=C(F)F)CCC3C2)CC1. The number of fused-ring (bicyclic) bond motifs is 1. The zero-order chi connectivity index (χ0) is 14.8. The highest BCUT2D eigenvalue weighted by Crippen LogP contribution is 2.49. The Bertz CT molecular complexity index is 369. The summed E-state index contributed by atoms with van der Waals surface area (Å²) in [6, 6.07) is 0.190. The fourth-order valence-corrected chi connectivity index (χ4v) is 5.31. The van der Waals surface area contributed by atoms with E-state index in [1.54, 1.807) is 0 Å². The van der Waals surface area contributed by atoms with Gasteiger partial charge in [-0.3, -0.25) is 0 Å². The van der Waals surface area contributed by atoms with E-state index in [4.69, 9.17) is 5.73 Å². The first kappa shape index (κ1) is 15.5. The summed E-state index contributed by atoms with van der Waals surface area (Å²) in [5.41, 5.74) is 7.83. The molecule has 0 heterocycles. The Labute approximate surface area is 127 Å². The summed E-state index contributed by atoms with van der Waals surface area (Å²) in [4.78, 5) is 0. The van der Waals surface area contributed by atoms with Gasteiger partial charge in [0.05, 0.1) is 0 Å². The van der Waals surface area contributed by atoms with Crippen molar-refractivity contribution in [3.05, 3.63) is 17.9 Å². The van der Waals surface area contributed by atoms with Crippen molar-refractivity contribution in [2.24, 2.45) is 29.6 Å². The van der Waals surface area contributed by atoms with Crippen LogP contribution >= 0.6 is 0 Å². The standard InChI is InChI=1S/C18H28F2N/c19-18(20)10-12-1-2-16-11-15(4-3-14(16)9-12)13-5-7-17(21)8-6-13/h10,12-17,21H,1-9,11H2/q-1. The van der Waals surface area contributed by atoms with E-state index < -0.39 is 6.08 Å². The van der Waals surface area contributed by atoms with Gasteiger partial charge in [-0.15, -0.1) is 6.04 Å². The van der Waals surface area contributed by atoms with Gasteiger partial charge < -0.3 is 5.73 Å². The van der Waals surface area contributed by atoms with Crippen LogP contribution in [0, 0.1) is 29.6 Å². The zero-order valence-corrected chi connectivity index (χ0v) is 12.9. The normalized spacial score (nSPS) is 44.0. The van der Waals surface area contributed by atoms with Crippen molar-refractivity contribution >= 4 is 0 Å². The molecule has 0 bridgehead atoms. The van der Waals surface area contributed by atoms with E-state index in [1.807, 2.05) is 0 Å².